The fourth-order valence-electron chi connectivity index (χ4n) is 6.43. The lowest BCUT2D eigenvalue weighted by Gasteiger charge is -2.30. The average molecular weight is 678 g/mol. The lowest BCUT2D eigenvalue weighted by atomic mass is 9.95. The zero-order valence-corrected chi connectivity index (χ0v) is 28.0. The maximum atomic E-state index is 14.1. The number of primary amides is 1. The van der Waals surface area contributed by atoms with E-state index in [0.29, 0.717) is 25.7 Å². The van der Waals surface area contributed by atoms with Gasteiger partial charge in [-0.25, -0.2) is 0 Å². The molecule has 0 aliphatic carbocycles. The van der Waals surface area contributed by atoms with Crippen LogP contribution < -0.4 is 32.7 Å². The summed E-state index contributed by atoms with van der Waals surface area (Å²) in [5, 5.41) is 20.7. The third kappa shape index (κ3) is 10.0. The molecular formula is C35H47N7O7. The number of rotatable bonds is 7. The summed E-state index contributed by atoms with van der Waals surface area (Å²) in [6.07, 6.45) is 1.81. The molecule has 2 fully saturated rings. The summed E-state index contributed by atoms with van der Waals surface area (Å²) < 4.78 is 0. The van der Waals surface area contributed by atoms with Gasteiger partial charge in [0.1, 0.15) is 29.9 Å². The van der Waals surface area contributed by atoms with E-state index in [4.69, 9.17) is 11.5 Å². The van der Waals surface area contributed by atoms with E-state index < -0.39 is 72.1 Å². The summed E-state index contributed by atoms with van der Waals surface area (Å²) in [4.78, 5) is 81.4. The molecule has 2 heterocycles. The van der Waals surface area contributed by atoms with E-state index in [1.54, 1.807) is 50.2 Å². The van der Waals surface area contributed by atoms with E-state index in [1.165, 1.54) is 4.90 Å². The normalized spacial score (nSPS) is 23.4. The number of carbonyl (C=O) groups is 6. The fraction of sp³-hybridized carbons (Fsp3) is 0.486. The largest absolute Gasteiger partial charge is 0.508 e. The number of fused-ring (bicyclic) bond motifs is 1. The Balaban J connectivity index is 1.62. The zero-order chi connectivity index (χ0) is 35.7. The van der Waals surface area contributed by atoms with E-state index in [2.05, 4.69) is 21.3 Å². The highest BCUT2D eigenvalue weighted by Crippen LogP contribution is 2.23. The highest BCUT2D eigenvalue weighted by atomic mass is 16.3. The van der Waals surface area contributed by atoms with Crippen molar-refractivity contribution >= 4 is 35.4 Å². The molecule has 0 aromatic heterocycles. The fourth-order valence-corrected chi connectivity index (χ4v) is 6.43. The summed E-state index contributed by atoms with van der Waals surface area (Å²) in [6.45, 7) is 4.05. The number of phenolic OH excluding ortho intramolecular Hbond substituents is 1. The second-order valence-electron chi connectivity index (χ2n) is 12.9. The van der Waals surface area contributed by atoms with Crippen molar-refractivity contribution in [1.82, 2.24) is 26.2 Å². The first kappa shape index (κ1) is 36.8. The molecule has 0 saturated carbocycles. The molecule has 264 valence electrons. The van der Waals surface area contributed by atoms with E-state index in [0.717, 1.165) is 22.3 Å². The minimum atomic E-state index is -1.38. The molecule has 14 heteroatoms. The van der Waals surface area contributed by atoms with Crippen molar-refractivity contribution in [3.05, 3.63) is 64.7 Å². The smallest absolute Gasteiger partial charge is 0.246 e. The number of carbonyl (C=O) groups excluding carboxylic acids is 6. The van der Waals surface area contributed by atoms with Crippen LogP contribution in [0.15, 0.2) is 42.5 Å². The van der Waals surface area contributed by atoms with Crippen molar-refractivity contribution in [2.45, 2.75) is 95.4 Å². The van der Waals surface area contributed by atoms with Crippen molar-refractivity contribution in [1.29, 1.82) is 0 Å². The first-order valence-electron chi connectivity index (χ1n) is 16.7. The number of hydrogen-bond donors (Lipinski definition) is 7. The topological polar surface area (TPSA) is 226 Å². The van der Waals surface area contributed by atoms with Crippen molar-refractivity contribution in [2.24, 2.45) is 11.5 Å². The predicted molar refractivity (Wildman–Crippen MR) is 181 cm³/mol. The van der Waals surface area contributed by atoms with Crippen LogP contribution in [0.4, 0.5) is 0 Å². The van der Waals surface area contributed by atoms with E-state index in [9.17, 15) is 33.9 Å². The molecule has 6 amide bonds. The van der Waals surface area contributed by atoms with Crippen LogP contribution in [0.2, 0.25) is 0 Å². The third-order valence-electron chi connectivity index (χ3n) is 9.10. The summed E-state index contributed by atoms with van der Waals surface area (Å²) in [7, 11) is 0. The lowest BCUT2D eigenvalue weighted by molar-refractivity contribution is -0.142. The van der Waals surface area contributed by atoms with E-state index in [-0.39, 0.29) is 38.1 Å². The van der Waals surface area contributed by atoms with Gasteiger partial charge in [-0.3, -0.25) is 28.8 Å². The Hall–Kier alpha value is -4.98. The third-order valence-corrected chi connectivity index (χ3v) is 9.10. The summed E-state index contributed by atoms with van der Waals surface area (Å²) in [6, 6.07) is 6.70. The van der Waals surface area contributed by atoms with Gasteiger partial charge in [0.2, 0.25) is 35.4 Å². The Bertz CT molecular complexity index is 1530. The average Bonchev–Trinajstić information content (AvgIpc) is 3.55. The molecule has 0 radical (unpaired) electrons. The molecule has 14 nitrogen and oxygen atoms in total. The van der Waals surface area contributed by atoms with Gasteiger partial charge in [-0.1, -0.05) is 30.3 Å². The summed E-state index contributed by atoms with van der Waals surface area (Å²) in [5.41, 5.74) is 14.9. The van der Waals surface area contributed by atoms with Crippen LogP contribution in [0.1, 0.15) is 60.8 Å². The Labute approximate surface area is 285 Å². The van der Waals surface area contributed by atoms with E-state index in [1.807, 2.05) is 6.07 Å². The summed E-state index contributed by atoms with van der Waals surface area (Å²) >= 11 is 0. The number of aromatic hydroxyl groups is 1. The SMILES string of the molecule is Cc1cc(O)cc(C)c1C[C@H](N)C(=O)N[C@@H]1CC(=O)NCCCC[C@@H](C(N)=O)NC(=O)[C@H]2CCCN2C(=O)[C@H](Cc2ccccc2)NC1=O. The Morgan fingerprint density at radius 2 is 1.67 bits per heavy atom. The van der Waals surface area contributed by atoms with E-state index >= 15 is 0 Å². The van der Waals surface area contributed by atoms with Gasteiger partial charge in [0.05, 0.1) is 12.5 Å². The molecule has 0 bridgehead atoms. The monoisotopic (exact) mass is 677 g/mol. The number of nitrogens with two attached hydrogens (primary N) is 2. The number of amides is 6. The second kappa shape index (κ2) is 16.9. The van der Waals surface area contributed by atoms with Gasteiger partial charge in [0, 0.05) is 19.5 Å². The number of benzene rings is 2. The Morgan fingerprint density at radius 3 is 2.35 bits per heavy atom. The number of aryl methyl sites for hydroxylation is 2. The first-order chi connectivity index (χ1) is 23.3. The minimum Gasteiger partial charge on any atom is -0.508 e. The van der Waals surface area contributed by atoms with Crippen LogP contribution in [0.3, 0.4) is 0 Å². The number of hydrogen-bond acceptors (Lipinski definition) is 8. The zero-order valence-electron chi connectivity index (χ0n) is 28.0. The molecule has 2 aromatic rings. The van der Waals surface area contributed by atoms with Gasteiger partial charge < -0.3 is 42.7 Å². The molecular weight excluding hydrogens is 630 g/mol. The molecule has 0 spiro atoms. The van der Waals surface area contributed by atoms with Crippen molar-refractivity contribution in [3.63, 3.8) is 0 Å². The molecule has 0 unspecified atom stereocenters. The molecule has 2 aliphatic rings. The van der Waals surface area contributed by atoms with Gasteiger partial charge in [0.25, 0.3) is 0 Å². The van der Waals surface area contributed by atoms with Crippen molar-refractivity contribution in [2.75, 3.05) is 13.1 Å². The molecule has 2 saturated heterocycles. The number of phenols is 1. The maximum Gasteiger partial charge on any atom is 0.246 e. The molecule has 49 heavy (non-hydrogen) atoms. The highest BCUT2D eigenvalue weighted by Gasteiger charge is 2.39. The lowest BCUT2D eigenvalue weighted by Crippen LogP contribution is -2.59. The Kier molecular flexibility index (Phi) is 12.7. The molecule has 2 aromatic carbocycles. The predicted octanol–water partition coefficient (Wildman–Crippen LogP) is -0.258. The van der Waals surface area contributed by atoms with Crippen LogP contribution in [0, 0.1) is 13.8 Å². The number of nitrogens with one attached hydrogen (secondary N) is 4. The molecule has 9 N–H and O–H groups in total. The molecule has 4 rings (SSSR count). The minimum absolute atomic E-state index is 0.0753. The quantitative estimate of drug-likeness (QED) is 0.206. The second-order valence-corrected chi connectivity index (χ2v) is 12.9. The van der Waals surface area contributed by atoms with Gasteiger partial charge in [-0.2, -0.15) is 0 Å². The van der Waals surface area contributed by atoms with Crippen LogP contribution in [0.25, 0.3) is 0 Å². The van der Waals surface area contributed by atoms with Crippen molar-refractivity contribution in [3.8, 4) is 5.75 Å². The number of nitrogens with zero attached hydrogens (tertiary/aromatic N) is 1. The molecule has 5 atom stereocenters. The van der Waals surface area contributed by atoms with Gasteiger partial charge >= 0.3 is 0 Å². The first-order valence-corrected chi connectivity index (χ1v) is 16.7. The standard InChI is InChI=1S/C35H47N7O7/c1-20-15-23(43)16-21(2)24(20)18-25(36)32(46)40-27-19-30(44)38-13-7-6-11-26(31(37)45)39-34(48)29-12-8-14-42(29)35(49)28(41-33(27)47)17-22-9-4-3-5-10-22/h3-5,9-10,15-16,25-29,43H,6-8,11-14,17-19,36H2,1-2H3,(H2,37,45)(H,38,44)(H,39,48)(H,40,46)(H,41,47)/t25-,26-,27+,28-,29+/m0/s1. The van der Waals surface area contributed by atoms with Gasteiger partial charge in [-0.05, 0) is 86.8 Å². The van der Waals surface area contributed by atoms with Gasteiger partial charge in [-0.15, -0.1) is 0 Å². The van der Waals surface area contributed by atoms with Crippen LogP contribution in [-0.2, 0) is 41.6 Å². The maximum absolute atomic E-state index is 14.1. The van der Waals surface area contributed by atoms with Crippen LogP contribution in [-0.4, -0.2) is 88.7 Å². The highest BCUT2D eigenvalue weighted by molar-refractivity contribution is 5.97. The van der Waals surface area contributed by atoms with Crippen LogP contribution in [0.5, 0.6) is 5.75 Å². The Morgan fingerprint density at radius 1 is 0.980 bits per heavy atom. The van der Waals surface area contributed by atoms with Crippen LogP contribution >= 0.6 is 0 Å². The summed E-state index contributed by atoms with van der Waals surface area (Å²) in [5.74, 6) is -3.59. The van der Waals surface area contributed by atoms with Gasteiger partial charge in [0.15, 0.2) is 0 Å². The van der Waals surface area contributed by atoms with Crippen molar-refractivity contribution < 1.29 is 33.9 Å². The molecule has 2 aliphatic heterocycles.